The van der Waals surface area contributed by atoms with Crippen LogP contribution in [0.5, 0.6) is 0 Å². The van der Waals surface area contributed by atoms with Crippen molar-refractivity contribution in [3.63, 3.8) is 0 Å². The first-order chi connectivity index (χ1) is 10.0. The highest BCUT2D eigenvalue weighted by Crippen LogP contribution is 2.32. The number of benzene rings is 2. The van der Waals surface area contributed by atoms with Crippen LogP contribution in [-0.4, -0.2) is 9.97 Å². The molecule has 1 aromatic heterocycles. The molecule has 0 saturated heterocycles. The number of nitrogens with one attached hydrogen (secondary N) is 1. The summed E-state index contributed by atoms with van der Waals surface area (Å²) in [5.41, 5.74) is 3.05. The maximum atomic E-state index is 4.36. The predicted molar refractivity (Wildman–Crippen MR) is 97.1 cm³/mol. The van der Waals surface area contributed by atoms with E-state index in [-0.39, 0.29) is 0 Å². The monoisotopic (exact) mass is 469 g/mol. The number of anilines is 2. The summed E-state index contributed by atoms with van der Waals surface area (Å²) in [6.45, 7) is 2.06. The highest BCUT2D eigenvalue weighted by atomic mass is 79.9. The molecule has 0 fully saturated rings. The first-order valence-corrected chi connectivity index (χ1v) is 8.55. The zero-order chi connectivity index (χ0) is 15.0. The smallest absolute Gasteiger partial charge is 0.141 e. The number of aryl methyl sites for hydroxylation is 1. The van der Waals surface area contributed by atoms with Crippen molar-refractivity contribution in [2.24, 2.45) is 0 Å². The van der Waals surface area contributed by atoms with Gasteiger partial charge in [0.05, 0.1) is 5.52 Å². The summed E-state index contributed by atoms with van der Waals surface area (Å²) in [4.78, 5) is 8.69. The van der Waals surface area contributed by atoms with Crippen molar-refractivity contribution in [1.82, 2.24) is 9.97 Å². The fourth-order valence-electron chi connectivity index (χ4n) is 2.00. The number of hydrogen-bond donors (Lipinski definition) is 1. The van der Waals surface area contributed by atoms with E-state index >= 15 is 0 Å². The number of rotatable bonds is 2. The molecule has 1 heterocycles. The van der Waals surface area contributed by atoms with Crippen LogP contribution in [0.25, 0.3) is 10.9 Å². The highest BCUT2D eigenvalue weighted by Gasteiger charge is 2.09. The average Bonchev–Trinajstić information content (AvgIpc) is 2.44. The van der Waals surface area contributed by atoms with E-state index in [1.807, 2.05) is 24.3 Å². The third-order valence-electron chi connectivity index (χ3n) is 3.09. The minimum Gasteiger partial charge on any atom is -0.340 e. The molecule has 3 aromatic rings. The summed E-state index contributed by atoms with van der Waals surface area (Å²) >= 11 is 10.6. The molecule has 106 valence electrons. The van der Waals surface area contributed by atoms with Gasteiger partial charge >= 0.3 is 0 Å². The zero-order valence-corrected chi connectivity index (χ0v) is 15.8. The first kappa shape index (κ1) is 14.9. The molecule has 0 spiro atoms. The Bertz CT molecular complexity index is 834. The standard InChI is InChI=1S/C15H10Br3N3/c1-8-2-3-10(6-12(8)17)21-15-11-4-9(16)5-13(18)14(11)19-7-20-15/h2-7H,1H3,(H,19,20,21). The van der Waals surface area contributed by atoms with E-state index < -0.39 is 0 Å². The molecule has 6 heteroatoms. The molecule has 0 aliphatic carbocycles. The molecule has 0 aliphatic heterocycles. The second-order valence-electron chi connectivity index (χ2n) is 4.60. The molecule has 3 nitrogen and oxygen atoms in total. The lowest BCUT2D eigenvalue weighted by Gasteiger charge is -2.10. The second-order valence-corrected chi connectivity index (χ2v) is 7.22. The van der Waals surface area contributed by atoms with Crippen molar-refractivity contribution in [1.29, 1.82) is 0 Å². The van der Waals surface area contributed by atoms with Gasteiger partial charge in [-0.25, -0.2) is 9.97 Å². The van der Waals surface area contributed by atoms with Crippen LogP contribution in [0.3, 0.4) is 0 Å². The Hall–Kier alpha value is -0.980. The lowest BCUT2D eigenvalue weighted by atomic mass is 10.2. The van der Waals surface area contributed by atoms with Gasteiger partial charge in [0, 0.05) is 24.5 Å². The summed E-state index contributed by atoms with van der Waals surface area (Å²) in [6, 6.07) is 10.1. The van der Waals surface area contributed by atoms with Crippen molar-refractivity contribution in [3.8, 4) is 0 Å². The SMILES string of the molecule is Cc1ccc(Nc2ncnc3c(Br)cc(Br)cc23)cc1Br. The quantitative estimate of drug-likeness (QED) is 0.500. The van der Waals surface area contributed by atoms with Crippen molar-refractivity contribution >= 4 is 70.2 Å². The van der Waals surface area contributed by atoms with Crippen LogP contribution in [0.4, 0.5) is 11.5 Å². The molecule has 3 rings (SSSR count). The molecule has 2 aromatic carbocycles. The molecule has 0 unspecified atom stereocenters. The lowest BCUT2D eigenvalue weighted by molar-refractivity contribution is 1.21. The Morgan fingerprint density at radius 1 is 0.952 bits per heavy atom. The molecule has 0 radical (unpaired) electrons. The Morgan fingerprint density at radius 3 is 2.52 bits per heavy atom. The normalized spacial score (nSPS) is 10.9. The van der Waals surface area contributed by atoms with Crippen LogP contribution in [0, 0.1) is 6.92 Å². The number of halogens is 3. The maximum Gasteiger partial charge on any atom is 0.141 e. The van der Waals surface area contributed by atoms with Gasteiger partial charge in [0.25, 0.3) is 0 Å². The third-order valence-corrected chi connectivity index (χ3v) is 5.01. The van der Waals surface area contributed by atoms with Gasteiger partial charge < -0.3 is 5.32 Å². The Morgan fingerprint density at radius 2 is 1.76 bits per heavy atom. The Balaban J connectivity index is 2.10. The maximum absolute atomic E-state index is 4.36. The van der Waals surface area contributed by atoms with Gasteiger partial charge in [0.1, 0.15) is 12.1 Å². The van der Waals surface area contributed by atoms with E-state index in [0.717, 1.165) is 35.8 Å². The minimum absolute atomic E-state index is 0.776. The second kappa shape index (κ2) is 6.02. The first-order valence-electron chi connectivity index (χ1n) is 6.17. The van der Waals surface area contributed by atoms with Crippen molar-refractivity contribution in [2.45, 2.75) is 6.92 Å². The van der Waals surface area contributed by atoms with E-state index in [9.17, 15) is 0 Å². The third kappa shape index (κ3) is 3.12. The molecular weight excluding hydrogens is 462 g/mol. The van der Waals surface area contributed by atoms with Gasteiger partial charge in [0.2, 0.25) is 0 Å². The average molecular weight is 472 g/mol. The molecule has 0 aliphatic rings. The summed E-state index contributed by atoms with van der Waals surface area (Å²) in [5, 5.41) is 4.30. The van der Waals surface area contributed by atoms with Crippen molar-refractivity contribution in [3.05, 3.63) is 55.6 Å². The summed E-state index contributed by atoms with van der Waals surface area (Å²) in [7, 11) is 0. The summed E-state index contributed by atoms with van der Waals surface area (Å²) in [5.74, 6) is 0.776. The summed E-state index contributed by atoms with van der Waals surface area (Å²) < 4.78 is 2.97. The van der Waals surface area contributed by atoms with E-state index in [0.29, 0.717) is 0 Å². The number of hydrogen-bond acceptors (Lipinski definition) is 3. The van der Waals surface area contributed by atoms with Crippen LogP contribution in [0.2, 0.25) is 0 Å². The zero-order valence-electron chi connectivity index (χ0n) is 11.0. The van der Waals surface area contributed by atoms with Crippen LogP contribution in [0.15, 0.2) is 50.1 Å². The fraction of sp³-hybridized carbons (Fsp3) is 0.0667. The van der Waals surface area contributed by atoms with Gasteiger partial charge in [-0.15, -0.1) is 0 Å². The highest BCUT2D eigenvalue weighted by molar-refractivity contribution is 9.11. The van der Waals surface area contributed by atoms with E-state index in [1.165, 1.54) is 5.56 Å². The minimum atomic E-state index is 0.776. The number of fused-ring (bicyclic) bond motifs is 1. The Kier molecular flexibility index (Phi) is 4.28. The topological polar surface area (TPSA) is 37.8 Å². The van der Waals surface area contributed by atoms with Gasteiger partial charge in [-0.1, -0.05) is 37.9 Å². The van der Waals surface area contributed by atoms with Crippen LogP contribution in [0.1, 0.15) is 5.56 Å². The van der Waals surface area contributed by atoms with E-state index in [1.54, 1.807) is 6.33 Å². The van der Waals surface area contributed by atoms with Gasteiger partial charge in [-0.2, -0.15) is 0 Å². The Labute approximate surface area is 147 Å². The number of nitrogens with zero attached hydrogens (tertiary/aromatic N) is 2. The van der Waals surface area contributed by atoms with E-state index in [2.05, 4.69) is 76.1 Å². The summed E-state index contributed by atoms with van der Waals surface area (Å²) in [6.07, 6.45) is 1.56. The van der Waals surface area contributed by atoms with E-state index in [4.69, 9.17) is 0 Å². The van der Waals surface area contributed by atoms with Crippen LogP contribution in [-0.2, 0) is 0 Å². The predicted octanol–water partition coefficient (Wildman–Crippen LogP) is 5.97. The molecular formula is C15H10Br3N3. The molecule has 0 atom stereocenters. The molecule has 21 heavy (non-hydrogen) atoms. The molecule has 1 N–H and O–H groups in total. The van der Waals surface area contributed by atoms with Crippen LogP contribution >= 0.6 is 47.8 Å². The molecule has 0 saturated carbocycles. The van der Waals surface area contributed by atoms with Gasteiger partial charge in [0.15, 0.2) is 0 Å². The van der Waals surface area contributed by atoms with Gasteiger partial charge in [-0.3, -0.25) is 0 Å². The molecule has 0 amide bonds. The lowest BCUT2D eigenvalue weighted by Crippen LogP contribution is -1.97. The molecule has 0 bridgehead atoms. The van der Waals surface area contributed by atoms with Crippen LogP contribution < -0.4 is 5.32 Å². The fourth-order valence-corrected chi connectivity index (χ4v) is 3.70. The van der Waals surface area contributed by atoms with Crippen molar-refractivity contribution < 1.29 is 0 Å². The van der Waals surface area contributed by atoms with Gasteiger partial charge in [-0.05, 0) is 52.7 Å². The number of aromatic nitrogens is 2. The largest absolute Gasteiger partial charge is 0.340 e. The van der Waals surface area contributed by atoms with Crippen molar-refractivity contribution in [2.75, 3.05) is 5.32 Å².